The predicted octanol–water partition coefficient (Wildman–Crippen LogP) is 2.91. The Kier molecular flexibility index (Phi) is 3.26. The first-order valence-electron chi connectivity index (χ1n) is 7.06. The van der Waals surface area contributed by atoms with Crippen molar-refractivity contribution in [2.24, 2.45) is 11.7 Å². The molecule has 1 aromatic carbocycles. The molecule has 1 aliphatic heterocycles. The van der Waals surface area contributed by atoms with Crippen molar-refractivity contribution in [3.63, 3.8) is 0 Å². The number of aromatic nitrogens is 2. The van der Waals surface area contributed by atoms with Crippen LogP contribution in [-0.2, 0) is 6.54 Å². The maximum atomic E-state index is 6.21. The monoisotopic (exact) mass is 271 g/mol. The van der Waals surface area contributed by atoms with E-state index in [9.17, 15) is 0 Å². The van der Waals surface area contributed by atoms with Crippen molar-refractivity contribution < 1.29 is 4.74 Å². The van der Waals surface area contributed by atoms with Gasteiger partial charge in [-0.3, -0.25) is 0 Å². The van der Waals surface area contributed by atoms with Gasteiger partial charge in [0.1, 0.15) is 11.6 Å². The smallest absolute Gasteiger partial charge is 0.126 e. The van der Waals surface area contributed by atoms with Gasteiger partial charge in [-0.2, -0.15) is 0 Å². The second kappa shape index (κ2) is 4.94. The van der Waals surface area contributed by atoms with Crippen LogP contribution in [0.2, 0.25) is 0 Å². The summed E-state index contributed by atoms with van der Waals surface area (Å²) < 4.78 is 7.46. The molecular formula is C16H21N3O. The lowest BCUT2D eigenvalue weighted by Gasteiger charge is -2.25. The second-order valence-electron chi connectivity index (χ2n) is 5.76. The molecular weight excluding hydrogens is 250 g/mol. The summed E-state index contributed by atoms with van der Waals surface area (Å²) >= 11 is 0. The van der Waals surface area contributed by atoms with E-state index in [0.29, 0.717) is 5.92 Å². The molecule has 2 unspecified atom stereocenters. The van der Waals surface area contributed by atoms with Gasteiger partial charge >= 0.3 is 0 Å². The van der Waals surface area contributed by atoms with E-state index in [-0.39, 0.29) is 6.04 Å². The van der Waals surface area contributed by atoms with Crippen molar-refractivity contribution in [3.05, 3.63) is 35.8 Å². The van der Waals surface area contributed by atoms with Crippen LogP contribution in [0.5, 0.6) is 5.75 Å². The molecule has 0 saturated heterocycles. The first-order valence-corrected chi connectivity index (χ1v) is 7.06. The zero-order valence-electron chi connectivity index (χ0n) is 12.3. The molecule has 1 aliphatic rings. The Balaban J connectivity index is 2.02. The van der Waals surface area contributed by atoms with Gasteiger partial charge < -0.3 is 15.0 Å². The highest BCUT2D eigenvalue weighted by atomic mass is 16.5. The van der Waals surface area contributed by atoms with Crippen molar-refractivity contribution >= 4 is 0 Å². The van der Waals surface area contributed by atoms with E-state index in [4.69, 9.17) is 15.5 Å². The van der Waals surface area contributed by atoms with Crippen LogP contribution >= 0.6 is 0 Å². The van der Waals surface area contributed by atoms with Crippen LogP contribution in [0, 0.1) is 12.8 Å². The molecule has 20 heavy (non-hydrogen) atoms. The molecule has 3 rings (SSSR count). The van der Waals surface area contributed by atoms with E-state index >= 15 is 0 Å². The van der Waals surface area contributed by atoms with Crippen LogP contribution in [0.1, 0.15) is 30.8 Å². The van der Waals surface area contributed by atoms with E-state index in [2.05, 4.69) is 30.7 Å². The number of nitrogens with zero attached hydrogens (tertiary/aromatic N) is 2. The highest BCUT2D eigenvalue weighted by molar-refractivity contribution is 5.64. The first-order chi connectivity index (χ1) is 9.58. The van der Waals surface area contributed by atoms with Gasteiger partial charge in [-0.15, -0.1) is 0 Å². The number of benzene rings is 1. The average molecular weight is 271 g/mol. The molecule has 0 amide bonds. The third-order valence-electron chi connectivity index (χ3n) is 4.01. The van der Waals surface area contributed by atoms with E-state index < -0.39 is 0 Å². The lowest BCUT2D eigenvalue weighted by molar-refractivity contribution is 0.346. The molecule has 0 aliphatic carbocycles. The van der Waals surface area contributed by atoms with Crippen molar-refractivity contribution in [1.82, 2.24) is 9.55 Å². The minimum absolute atomic E-state index is 0.0473. The summed E-state index contributed by atoms with van der Waals surface area (Å²) in [5.74, 6) is 2.49. The van der Waals surface area contributed by atoms with Gasteiger partial charge in [-0.25, -0.2) is 4.98 Å². The van der Waals surface area contributed by atoms with Gasteiger partial charge in [-0.1, -0.05) is 6.92 Å². The Bertz CT molecular complexity index is 633. The summed E-state index contributed by atoms with van der Waals surface area (Å²) in [4.78, 5) is 4.75. The topological polar surface area (TPSA) is 53.1 Å². The number of fused-ring (bicyclic) bond motifs is 1. The van der Waals surface area contributed by atoms with Gasteiger partial charge in [-0.05, 0) is 43.0 Å². The maximum Gasteiger partial charge on any atom is 0.126 e. The molecule has 0 fully saturated rings. The van der Waals surface area contributed by atoms with E-state index in [1.165, 1.54) is 5.56 Å². The quantitative estimate of drug-likeness (QED) is 0.913. The highest BCUT2D eigenvalue weighted by Crippen LogP contribution is 2.31. The number of hydrogen-bond donors (Lipinski definition) is 1. The summed E-state index contributed by atoms with van der Waals surface area (Å²) in [6, 6.07) is 6.13. The normalized spacial score (nSPS) is 21.6. The lowest BCUT2D eigenvalue weighted by Crippen LogP contribution is -2.26. The standard InChI is InChI=1S/C16H21N3O/c1-10-6-14(17)16-18-15(9-19(16)8-10)13-5-4-12(20-3)7-11(13)2/h4-5,7,9-10,14H,6,8,17H2,1-3H3. The maximum absolute atomic E-state index is 6.21. The van der Waals surface area contributed by atoms with Crippen molar-refractivity contribution in [2.45, 2.75) is 32.9 Å². The molecule has 2 heterocycles. The SMILES string of the molecule is COc1ccc(-c2cn3c(n2)C(N)CC(C)C3)c(C)c1. The zero-order chi connectivity index (χ0) is 14.3. The van der Waals surface area contributed by atoms with Crippen LogP contribution in [-0.4, -0.2) is 16.7 Å². The van der Waals surface area contributed by atoms with Gasteiger partial charge in [0.15, 0.2) is 0 Å². The van der Waals surface area contributed by atoms with Crippen LogP contribution in [0.25, 0.3) is 11.3 Å². The van der Waals surface area contributed by atoms with Gasteiger partial charge in [0.05, 0.1) is 18.8 Å². The third kappa shape index (κ3) is 2.20. The van der Waals surface area contributed by atoms with Gasteiger partial charge in [0.2, 0.25) is 0 Å². The number of aryl methyl sites for hydroxylation is 1. The molecule has 0 saturated carbocycles. The number of nitrogens with two attached hydrogens (primary N) is 1. The van der Waals surface area contributed by atoms with Crippen LogP contribution in [0.15, 0.2) is 24.4 Å². The molecule has 4 nitrogen and oxygen atoms in total. The number of imidazole rings is 1. The van der Waals surface area contributed by atoms with E-state index in [1.54, 1.807) is 7.11 Å². The third-order valence-corrected chi connectivity index (χ3v) is 4.01. The average Bonchev–Trinajstić information content (AvgIpc) is 2.82. The zero-order valence-corrected chi connectivity index (χ0v) is 12.3. The molecule has 2 atom stereocenters. The van der Waals surface area contributed by atoms with E-state index in [0.717, 1.165) is 35.8 Å². The summed E-state index contributed by atoms with van der Waals surface area (Å²) in [5.41, 5.74) is 9.53. The Morgan fingerprint density at radius 2 is 2.20 bits per heavy atom. The Morgan fingerprint density at radius 3 is 2.90 bits per heavy atom. The second-order valence-corrected chi connectivity index (χ2v) is 5.76. The summed E-state index contributed by atoms with van der Waals surface area (Å²) in [7, 11) is 1.68. The highest BCUT2D eigenvalue weighted by Gasteiger charge is 2.24. The largest absolute Gasteiger partial charge is 0.497 e. The Morgan fingerprint density at radius 1 is 1.40 bits per heavy atom. The van der Waals surface area contributed by atoms with Crippen molar-refractivity contribution in [3.8, 4) is 17.0 Å². The molecule has 106 valence electrons. The lowest BCUT2D eigenvalue weighted by atomic mass is 9.98. The minimum atomic E-state index is 0.0473. The Hall–Kier alpha value is -1.81. The number of rotatable bonds is 2. The first kappa shape index (κ1) is 13.2. The van der Waals surface area contributed by atoms with Crippen molar-refractivity contribution in [1.29, 1.82) is 0 Å². The molecule has 0 spiro atoms. The predicted molar refractivity (Wildman–Crippen MR) is 79.7 cm³/mol. The van der Waals surface area contributed by atoms with Crippen LogP contribution in [0.3, 0.4) is 0 Å². The van der Waals surface area contributed by atoms with Crippen LogP contribution in [0.4, 0.5) is 0 Å². The number of hydrogen-bond acceptors (Lipinski definition) is 3. The molecule has 2 N–H and O–H groups in total. The number of ether oxygens (including phenoxy) is 1. The van der Waals surface area contributed by atoms with Crippen LogP contribution < -0.4 is 10.5 Å². The summed E-state index contributed by atoms with van der Waals surface area (Å²) in [6.45, 7) is 5.32. The summed E-state index contributed by atoms with van der Waals surface area (Å²) in [6.07, 6.45) is 3.14. The van der Waals surface area contributed by atoms with Crippen molar-refractivity contribution in [2.75, 3.05) is 7.11 Å². The fourth-order valence-electron chi connectivity index (χ4n) is 3.00. The minimum Gasteiger partial charge on any atom is -0.497 e. The fraction of sp³-hybridized carbons (Fsp3) is 0.438. The van der Waals surface area contributed by atoms with E-state index in [1.807, 2.05) is 12.1 Å². The van der Waals surface area contributed by atoms with Gasteiger partial charge in [0.25, 0.3) is 0 Å². The van der Waals surface area contributed by atoms with Gasteiger partial charge in [0, 0.05) is 18.3 Å². The molecule has 2 aromatic rings. The summed E-state index contributed by atoms with van der Waals surface area (Å²) in [5, 5.41) is 0. The fourth-order valence-corrected chi connectivity index (χ4v) is 3.00. The molecule has 0 radical (unpaired) electrons. The molecule has 1 aromatic heterocycles. The molecule has 4 heteroatoms. The molecule has 0 bridgehead atoms. The Labute approximate surface area is 119 Å². The number of methoxy groups -OCH3 is 1.